The van der Waals surface area contributed by atoms with Crippen LogP contribution in [0.25, 0.3) is 5.69 Å². The van der Waals surface area contributed by atoms with E-state index in [1.54, 1.807) is 29.7 Å². The predicted octanol–water partition coefficient (Wildman–Crippen LogP) is 2.61. The van der Waals surface area contributed by atoms with Crippen molar-refractivity contribution >= 4 is 23.2 Å². The Labute approximate surface area is 168 Å². The molecule has 2 aromatic heterocycles. The van der Waals surface area contributed by atoms with Gasteiger partial charge in [-0.3, -0.25) is 19.1 Å². The minimum Gasteiger partial charge on any atom is -0.324 e. The first-order valence-electron chi connectivity index (χ1n) is 9.67. The molecule has 1 N–H and O–H groups in total. The van der Waals surface area contributed by atoms with Gasteiger partial charge in [0.2, 0.25) is 11.8 Å². The van der Waals surface area contributed by atoms with Gasteiger partial charge in [-0.25, -0.2) is 0 Å². The maximum atomic E-state index is 13.1. The third kappa shape index (κ3) is 3.87. The van der Waals surface area contributed by atoms with E-state index in [9.17, 15) is 9.59 Å². The number of benzene rings is 1. The van der Waals surface area contributed by atoms with Crippen molar-refractivity contribution in [3.05, 3.63) is 60.9 Å². The van der Waals surface area contributed by atoms with Crippen molar-refractivity contribution in [3.63, 3.8) is 0 Å². The van der Waals surface area contributed by atoms with E-state index in [1.165, 1.54) is 0 Å². The summed E-state index contributed by atoms with van der Waals surface area (Å²) in [5.41, 5.74) is 2.19. The second-order valence-electron chi connectivity index (χ2n) is 6.94. The number of anilines is 2. The summed E-state index contributed by atoms with van der Waals surface area (Å²) in [5.74, 6) is 0.308. The average Bonchev–Trinajstić information content (AvgIpc) is 3.17. The van der Waals surface area contributed by atoms with Crippen LogP contribution >= 0.6 is 0 Å². The van der Waals surface area contributed by atoms with Gasteiger partial charge in [0.15, 0.2) is 0 Å². The molecule has 1 aliphatic rings. The molecule has 0 bridgehead atoms. The average molecular weight is 390 g/mol. The molecule has 8 heteroatoms. The van der Waals surface area contributed by atoms with Crippen LogP contribution in [0.2, 0.25) is 0 Å². The summed E-state index contributed by atoms with van der Waals surface area (Å²) in [6.45, 7) is 2.29. The number of fused-ring (bicyclic) bond motifs is 1. The molecule has 0 fully saturated rings. The van der Waals surface area contributed by atoms with Crippen molar-refractivity contribution in [2.75, 3.05) is 16.8 Å². The second-order valence-corrected chi connectivity index (χ2v) is 6.94. The molecule has 0 saturated carbocycles. The van der Waals surface area contributed by atoms with Crippen molar-refractivity contribution in [2.24, 2.45) is 5.92 Å². The van der Waals surface area contributed by atoms with Crippen molar-refractivity contribution < 1.29 is 9.59 Å². The number of nitrogens with one attached hydrogen (secondary N) is 1. The summed E-state index contributed by atoms with van der Waals surface area (Å²) in [7, 11) is 0. The number of hydrogen-bond donors (Lipinski definition) is 1. The summed E-state index contributed by atoms with van der Waals surface area (Å²) < 4.78 is 1.88. The second kappa shape index (κ2) is 8.22. The molecule has 0 radical (unpaired) electrons. The van der Waals surface area contributed by atoms with Crippen LogP contribution in [0.15, 0.2) is 55.1 Å². The molecule has 2 amide bonds. The summed E-state index contributed by atoms with van der Waals surface area (Å²) in [6.07, 6.45) is 6.23. The zero-order valence-electron chi connectivity index (χ0n) is 16.2. The molecule has 3 aromatic rings. The van der Waals surface area contributed by atoms with E-state index in [0.29, 0.717) is 36.6 Å². The lowest BCUT2D eigenvalue weighted by molar-refractivity contribution is -0.120. The first-order valence-corrected chi connectivity index (χ1v) is 9.67. The third-order valence-electron chi connectivity index (χ3n) is 5.13. The van der Waals surface area contributed by atoms with E-state index in [4.69, 9.17) is 0 Å². The van der Waals surface area contributed by atoms with Gasteiger partial charge in [-0.05, 0) is 24.6 Å². The molecule has 1 unspecified atom stereocenters. The molecular weight excluding hydrogens is 368 g/mol. The molecule has 148 valence electrons. The van der Waals surface area contributed by atoms with Crippen LogP contribution in [-0.2, 0) is 16.0 Å². The minimum atomic E-state index is -0.265. The lowest BCUT2D eigenvalue weighted by Crippen LogP contribution is -2.37. The summed E-state index contributed by atoms with van der Waals surface area (Å²) in [6, 6.07) is 11.5. The molecule has 3 heterocycles. The number of carbonyl (C=O) groups is 2. The zero-order valence-corrected chi connectivity index (χ0v) is 16.2. The van der Waals surface area contributed by atoms with Crippen molar-refractivity contribution in [1.82, 2.24) is 19.7 Å². The fraction of sp³-hybridized carbons (Fsp3) is 0.286. The SMILES string of the molecule is CCC1CN(C(=O)CCc2nncn2-c2ccccc2)c2cnccc2NC1=O. The summed E-state index contributed by atoms with van der Waals surface area (Å²) >= 11 is 0. The van der Waals surface area contributed by atoms with E-state index in [0.717, 1.165) is 5.69 Å². The molecule has 1 aliphatic heterocycles. The number of pyridine rings is 1. The smallest absolute Gasteiger partial charge is 0.229 e. The molecule has 1 atom stereocenters. The van der Waals surface area contributed by atoms with Gasteiger partial charge < -0.3 is 10.2 Å². The lowest BCUT2D eigenvalue weighted by atomic mass is 10.1. The number of para-hydroxylation sites is 1. The van der Waals surface area contributed by atoms with Crippen LogP contribution in [0.5, 0.6) is 0 Å². The molecular formula is C21H22N6O2. The third-order valence-corrected chi connectivity index (χ3v) is 5.13. The van der Waals surface area contributed by atoms with Crippen LogP contribution in [0, 0.1) is 5.92 Å². The molecule has 8 nitrogen and oxygen atoms in total. The van der Waals surface area contributed by atoms with Crippen molar-refractivity contribution in [1.29, 1.82) is 0 Å². The minimum absolute atomic E-state index is 0.0703. The molecule has 0 aliphatic carbocycles. The molecule has 4 rings (SSSR count). The number of amides is 2. The highest BCUT2D eigenvalue weighted by atomic mass is 16.2. The number of aryl methyl sites for hydroxylation is 1. The number of rotatable bonds is 5. The van der Waals surface area contributed by atoms with Gasteiger partial charge in [0.1, 0.15) is 12.2 Å². The normalized spacial score (nSPS) is 16.1. The Kier molecular flexibility index (Phi) is 5.33. The Bertz CT molecular complexity index is 1020. The lowest BCUT2D eigenvalue weighted by Gasteiger charge is -2.24. The highest BCUT2D eigenvalue weighted by Gasteiger charge is 2.30. The van der Waals surface area contributed by atoms with Gasteiger partial charge in [-0.15, -0.1) is 10.2 Å². The van der Waals surface area contributed by atoms with Gasteiger partial charge in [-0.1, -0.05) is 25.1 Å². The van der Waals surface area contributed by atoms with E-state index in [2.05, 4.69) is 20.5 Å². The molecule has 29 heavy (non-hydrogen) atoms. The molecule has 0 saturated heterocycles. The zero-order chi connectivity index (χ0) is 20.2. The van der Waals surface area contributed by atoms with Gasteiger partial charge in [0.25, 0.3) is 0 Å². The predicted molar refractivity (Wildman–Crippen MR) is 109 cm³/mol. The fourth-order valence-corrected chi connectivity index (χ4v) is 3.48. The summed E-state index contributed by atoms with van der Waals surface area (Å²) in [5, 5.41) is 11.1. The maximum absolute atomic E-state index is 13.1. The number of hydrogen-bond acceptors (Lipinski definition) is 5. The Morgan fingerprint density at radius 3 is 2.86 bits per heavy atom. The molecule has 0 spiro atoms. The van der Waals surface area contributed by atoms with Crippen molar-refractivity contribution in [3.8, 4) is 5.69 Å². The monoisotopic (exact) mass is 390 g/mol. The van der Waals surface area contributed by atoms with Crippen LogP contribution in [0.3, 0.4) is 0 Å². The van der Waals surface area contributed by atoms with Crippen LogP contribution in [0.4, 0.5) is 11.4 Å². The van der Waals surface area contributed by atoms with Crippen molar-refractivity contribution in [2.45, 2.75) is 26.2 Å². The standard InChI is InChI=1S/C21H22N6O2/c1-2-15-13-26(18-12-22-11-10-17(18)24-21(15)29)20(28)9-8-19-25-23-14-27(19)16-6-4-3-5-7-16/h3-7,10-12,14-15H,2,8-9,13H2,1H3,(H,24,29). The van der Waals surface area contributed by atoms with E-state index in [-0.39, 0.29) is 24.2 Å². The van der Waals surface area contributed by atoms with Gasteiger partial charge in [-0.2, -0.15) is 0 Å². The van der Waals surface area contributed by atoms with Gasteiger partial charge in [0, 0.05) is 31.3 Å². The molecule has 1 aromatic carbocycles. The van der Waals surface area contributed by atoms with Crippen LogP contribution in [0.1, 0.15) is 25.6 Å². The highest BCUT2D eigenvalue weighted by molar-refractivity contribution is 6.04. The summed E-state index contributed by atoms with van der Waals surface area (Å²) in [4.78, 5) is 31.4. The van der Waals surface area contributed by atoms with E-state index < -0.39 is 0 Å². The number of carbonyl (C=O) groups excluding carboxylic acids is 2. The quantitative estimate of drug-likeness (QED) is 0.723. The number of nitrogens with zero attached hydrogens (tertiary/aromatic N) is 5. The number of aromatic nitrogens is 4. The maximum Gasteiger partial charge on any atom is 0.229 e. The Morgan fingerprint density at radius 1 is 1.24 bits per heavy atom. The first kappa shape index (κ1) is 18.8. The largest absolute Gasteiger partial charge is 0.324 e. The Balaban J connectivity index is 1.54. The highest BCUT2D eigenvalue weighted by Crippen LogP contribution is 2.30. The van der Waals surface area contributed by atoms with Gasteiger partial charge in [0.05, 0.1) is 23.5 Å². The van der Waals surface area contributed by atoms with Gasteiger partial charge >= 0.3 is 0 Å². The first-order chi connectivity index (χ1) is 14.2. The van der Waals surface area contributed by atoms with Crippen LogP contribution in [-0.4, -0.2) is 38.1 Å². The topological polar surface area (TPSA) is 93.0 Å². The Hall–Kier alpha value is -3.55. The van der Waals surface area contributed by atoms with Crippen LogP contribution < -0.4 is 10.2 Å². The van der Waals surface area contributed by atoms with E-state index >= 15 is 0 Å². The fourth-order valence-electron chi connectivity index (χ4n) is 3.48. The Morgan fingerprint density at radius 2 is 2.07 bits per heavy atom. The van der Waals surface area contributed by atoms with E-state index in [1.807, 2.05) is 41.8 Å².